The quantitative estimate of drug-likeness (QED) is 0.768. The van der Waals surface area contributed by atoms with Gasteiger partial charge in [0.15, 0.2) is 0 Å². The first kappa shape index (κ1) is 14.1. The number of thiophene rings is 1. The molecule has 0 aliphatic carbocycles. The van der Waals surface area contributed by atoms with Crippen molar-refractivity contribution in [1.29, 1.82) is 0 Å². The van der Waals surface area contributed by atoms with Gasteiger partial charge in [-0.25, -0.2) is 0 Å². The van der Waals surface area contributed by atoms with E-state index in [1.165, 1.54) is 10.3 Å². The summed E-state index contributed by atoms with van der Waals surface area (Å²) in [5, 5.41) is 14.8. The summed E-state index contributed by atoms with van der Waals surface area (Å²) in [7, 11) is 1.67. The Labute approximate surface area is 128 Å². The van der Waals surface area contributed by atoms with E-state index in [4.69, 9.17) is 4.74 Å². The molecule has 0 aliphatic heterocycles. The molecule has 0 saturated heterocycles. The maximum atomic E-state index is 10.4. The average Bonchev–Trinajstić information content (AvgIpc) is 2.94. The van der Waals surface area contributed by atoms with Crippen molar-refractivity contribution in [1.82, 2.24) is 0 Å². The zero-order valence-corrected chi connectivity index (χ0v) is 13.0. The van der Waals surface area contributed by atoms with E-state index in [1.54, 1.807) is 18.4 Å². The molecule has 0 radical (unpaired) electrons. The molecule has 1 atom stereocenters. The first-order valence-electron chi connectivity index (χ1n) is 6.96. The van der Waals surface area contributed by atoms with Crippen molar-refractivity contribution in [3.63, 3.8) is 0 Å². The topological polar surface area (TPSA) is 29.5 Å². The SMILES string of the molecule is COc1ccc2cccc(CC(O)c3csc(C)c3)c2c1. The molecule has 1 N–H and O–H groups in total. The molecule has 0 fully saturated rings. The van der Waals surface area contributed by atoms with Gasteiger partial charge in [0.1, 0.15) is 5.75 Å². The molecule has 1 unspecified atom stereocenters. The highest BCUT2D eigenvalue weighted by Crippen LogP contribution is 2.29. The maximum absolute atomic E-state index is 10.4. The van der Waals surface area contributed by atoms with Crippen LogP contribution in [0.15, 0.2) is 47.8 Å². The fraction of sp³-hybridized carbons (Fsp3) is 0.222. The number of aliphatic hydroxyl groups excluding tert-OH is 1. The molecule has 3 heteroatoms. The molecule has 21 heavy (non-hydrogen) atoms. The summed E-state index contributed by atoms with van der Waals surface area (Å²) < 4.78 is 5.31. The summed E-state index contributed by atoms with van der Waals surface area (Å²) in [6.45, 7) is 2.06. The lowest BCUT2D eigenvalue weighted by Crippen LogP contribution is -2.01. The van der Waals surface area contributed by atoms with Crippen LogP contribution >= 0.6 is 11.3 Å². The minimum Gasteiger partial charge on any atom is -0.497 e. The van der Waals surface area contributed by atoms with Crippen LogP contribution in [0.3, 0.4) is 0 Å². The van der Waals surface area contributed by atoms with Crippen LogP contribution in [0.25, 0.3) is 10.8 Å². The zero-order chi connectivity index (χ0) is 14.8. The Morgan fingerprint density at radius 1 is 1.19 bits per heavy atom. The fourth-order valence-electron chi connectivity index (χ4n) is 2.59. The largest absolute Gasteiger partial charge is 0.497 e. The number of hydrogen-bond donors (Lipinski definition) is 1. The van der Waals surface area contributed by atoms with Crippen LogP contribution < -0.4 is 4.74 Å². The van der Waals surface area contributed by atoms with Crippen molar-refractivity contribution in [3.05, 3.63) is 63.8 Å². The van der Waals surface area contributed by atoms with E-state index >= 15 is 0 Å². The molecule has 108 valence electrons. The summed E-state index contributed by atoms with van der Waals surface area (Å²) in [5.74, 6) is 0.843. The predicted octanol–water partition coefficient (Wildman–Crippen LogP) is 4.49. The van der Waals surface area contributed by atoms with Crippen LogP contribution in [0.2, 0.25) is 0 Å². The van der Waals surface area contributed by atoms with Crippen LogP contribution in [0.1, 0.15) is 22.1 Å². The molecular formula is C18H18O2S. The summed E-state index contributed by atoms with van der Waals surface area (Å²) >= 11 is 1.67. The van der Waals surface area contributed by atoms with Crippen molar-refractivity contribution < 1.29 is 9.84 Å². The third-order valence-electron chi connectivity index (χ3n) is 3.73. The van der Waals surface area contributed by atoms with Gasteiger partial charge < -0.3 is 9.84 Å². The van der Waals surface area contributed by atoms with Gasteiger partial charge in [0.2, 0.25) is 0 Å². The van der Waals surface area contributed by atoms with Crippen molar-refractivity contribution in [2.45, 2.75) is 19.4 Å². The standard InChI is InChI=1S/C18H18O2S/c1-12-8-15(11-21-12)18(19)9-14-5-3-4-13-6-7-16(20-2)10-17(13)14/h3-8,10-11,18-19H,9H2,1-2H3. The van der Waals surface area contributed by atoms with Gasteiger partial charge in [-0.3, -0.25) is 0 Å². The van der Waals surface area contributed by atoms with Crippen LogP contribution in [-0.4, -0.2) is 12.2 Å². The van der Waals surface area contributed by atoms with E-state index in [0.29, 0.717) is 6.42 Å². The Bertz CT molecular complexity index is 761. The van der Waals surface area contributed by atoms with E-state index in [0.717, 1.165) is 22.3 Å². The molecule has 0 amide bonds. The number of aliphatic hydroxyl groups is 1. The number of rotatable bonds is 4. The monoisotopic (exact) mass is 298 g/mol. The second kappa shape index (κ2) is 5.88. The zero-order valence-electron chi connectivity index (χ0n) is 12.2. The van der Waals surface area contributed by atoms with Crippen molar-refractivity contribution in [3.8, 4) is 5.75 Å². The Morgan fingerprint density at radius 3 is 2.76 bits per heavy atom. The molecule has 0 bridgehead atoms. The lowest BCUT2D eigenvalue weighted by molar-refractivity contribution is 0.179. The fourth-order valence-corrected chi connectivity index (χ4v) is 3.34. The smallest absolute Gasteiger partial charge is 0.119 e. The average molecular weight is 298 g/mol. The molecule has 3 aromatic rings. The lowest BCUT2D eigenvalue weighted by Gasteiger charge is -2.12. The van der Waals surface area contributed by atoms with Gasteiger partial charge in [0.05, 0.1) is 13.2 Å². The molecule has 3 rings (SSSR count). The molecule has 2 nitrogen and oxygen atoms in total. The minimum absolute atomic E-state index is 0.466. The van der Waals surface area contributed by atoms with Gasteiger partial charge in [0, 0.05) is 11.3 Å². The highest BCUT2D eigenvalue weighted by atomic mass is 32.1. The van der Waals surface area contributed by atoms with E-state index in [1.807, 2.05) is 23.6 Å². The number of aryl methyl sites for hydroxylation is 1. The Kier molecular flexibility index (Phi) is 3.95. The summed E-state index contributed by atoms with van der Waals surface area (Å²) in [6.07, 6.45) is 0.146. The van der Waals surface area contributed by atoms with Gasteiger partial charge in [-0.05, 0) is 52.4 Å². The van der Waals surface area contributed by atoms with Crippen LogP contribution in [-0.2, 0) is 6.42 Å². The van der Waals surface area contributed by atoms with E-state index in [2.05, 4.69) is 31.2 Å². The number of hydrogen-bond acceptors (Lipinski definition) is 3. The van der Waals surface area contributed by atoms with Gasteiger partial charge in [0.25, 0.3) is 0 Å². The van der Waals surface area contributed by atoms with Crippen molar-refractivity contribution in [2.75, 3.05) is 7.11 Å². The molecule has 1 aromatic heterocycles. The Balaban J connectivity index is 1.96. The van der Waals surface area contributed by atoms with E-state index < -0.39 is 6.10 Å². The summed E-state index contributed by atoms with van der Waals surface area (Å²) in [6, 6.07) is 14.3. The lowest BCUT2D eigenvalue weighted by atomic mass is 9.97. The summed E-state index contributed by atoms with van der Waals surface area (Å²) in [4.78, 5) is 1.23. The van der Waals surface area contributed by atoms with Gasteiger partial charge in [-0.2, -0.15) is 0 Å². The van der Waals surface area contributed by atoms with Gasteiger partial charge >= 0.3 is 0 Å². The number of benzene rings is 2. The van der Waals surface area contributed by atoms with Crippen LogP contribution in [0, 0.1) is 6.92 Å². The van der Waals surface area contributed by atoms with Gasteiger partial charge in [-0.15, -0.1) is 11.3 Å². The minimum atomic E-state index is -0.466. The predicted molar refractivity (Wildman–Crippen MR) is 88.2 cm³/mol. The van der Waals surface area contributed by atoms with Crippen molar-refractivity contribution in [2.24, 2.45) is 0 Å². The van der Waals surface area contributed by atoms with E-state index in [-0.39, 0.29) is 0 Å². The van der Waals surface area contributed by atoms with Crippen LogP contribution in [0.5, 0.6) is 5.75 Å². The number of methoxy groups -OCH3 is 1. The Hall–Kier alpha value is -1.84. The summed E-state index contributed by atoms with van der Waals surface area (Å²) in [5.41, 5.74) is 2.14. The third kappa shape index (κ3) is 2.94. The second-order valence-electron chi connectivity index (χ2n) is 5.21. The molecule has 0 spiro atoms. The Morgan fingerprint density at radius 2 is 2.05 bits per heavy atom. The highest BCUT2D eigenvalue weighted by molar-refractivity contribution is 7.10. The maximum Gasteiger partial charge on any atom is 0.119 e. The first-order chi connectivity index (χ1) is 10.2. The third-order valence-corrected chi connectivity index (χ3v) is 4.61. The highest BCUT2D eigenvalue weighted by Gasteiger charge is 2.12. The van der Waals surface area contributed by atoms with Gasteiger partial charge in [-0.1, -0.05) is 24.3 Å². The molecule has 2 aromatic carbocycles. The molecular weight excluding hydrogens is 280 g/mol. The number of fused-ring (bicyclic) bond motifs is 1. The normalized spacial score (nSPS) is 12.5. The van der Waals surface area contributed by atoms with Crippen LogP contribution in [0.4, 0.5) is 0 Å². The van der Waals surface area contributed by atoms with Crippen molar-refractivity contribution >= 4 is 22.1 Å². The number of ether oxygens (including phenoxy) is 1. The van der Waals surface area contributed by atoms with E-state index in [9.17, 15) is 5.11 Å². The molecule has 1 heterocycles. The first-order valence-corrected chi connectivity index (χ1v) is 7.84. The molecule has 0 saturated carbocycles. The molecule has 0 aliphatic rings. The second-order valence-corrected chi connectivity index (χ2v) is 6.33.